The number of carboxylic acids is 1. The van der Waals surface area contributed by atoms with Crippen molar-refractivity contribution >= 4 is 23.8 Å². The summed E-state index contributed by atoms with van der Waals surface area (Å²) in [5.41, 5.74) is -0.291. The molecule has 0 radical (unpaired) electrons. The minimum atomic E-state index is -3.45. The van der Waals surface area contributed by atoms with Crippen molar-refractivity contribution in [1.82, 2.24) is 4.90 Å². The average molecular weight is 415 g/mol. The molecule has 1 aliphatic heterocycles. The van der Waals surface area contributed by atoms with Gasteiger partial charge in [-0.2, -0.15) is 20.5 Å². The van der Waals surface area contributed by atoms with Crippen molar-refractivity contribution < 1.29 is 33.3 Å². The second-order valence-electron chi connectivity index (χ2n) is 6.27. The number of hydrogen-bond acceptors (Lipinski definition) is 5. The third-order valence-electron chi connectivity index (χ3n) is 4.21. The number of carboxylic acid groups (broad SMARTS) is 1. The summed E-state index contributed by atoms with van der Waals surface area (Å²) in [5.74, 6) is -3.15. The average Bonchev–Trinajstić information content (AvgIpc) is 3.02. The molecular weight excluding hydrogens is 392 g/mol. The van der Waals surface area contributed by atoms with Gasteiger partial charge in [-0.25, -0.2) is 4.79 Å². The summed E-state index contributed by atoms with van der Waals surface area (Å²) < 4.78 is 33.6. The molecule has 6 nitrogen and oxygen atoms in total. The number of benzene rings is 1. The molecular formula is C19H23F2NO5S. The summed E-state index contributed by atoms with van der Waals surface area (Å²) in [5, 5.41) is 18.5. The van der Waals surface area contributed by atoms with E-state index in [1.54, 1.807) is 6.07 Å². The van der Waals surface area contributed by atoms with Crippen LogP contribution in [0.3, 0.4) is 0 Å². The smallest absolute Gasteiger partial charge is 0.410 e. The molecule has 9 heteroatoms. The number of aliphatic carboxylic acids is 1. The molecule has 0 aromatic heterocycles. The monoisotopic (exact) mass is 415 g/mol. The molecule has 2 atom stereocenters. The highest BCUT2D eigenvalue weighted by atomic mass is 32.2. The molecule has 1 aromatic rings. The number of alkyl halides is 2. The van der Waals surface area contributed by atoms with Gasteiger partial charge in [0.15, 0.2) is 0 Å². The van der Waals surface area contributed by atoms with E-state index in [1.165, 1.54) is 47.0 Å². The standard InChI is InChI=1S/C19H23F2NO5S/c20-19(21,14-5-2-1-3-6-14)16(23)8-7-15-13-27-18(26)22(15)10-4-11-28-12-9-17(24)25/h1-3,5-8,15-16,23H,4,9-13H2,(H,24,25)/b8-7+. The Kier molecular flexibility index (Phi) is 8.25. The maximum atomic E-state index is 14.3. The number of carbonyl (C=O) groups excluding carboxylic acids is 1. The van der Waals surface area contributed by atoms with E-state index < -0.39 is 30.1 Å². The zero-order chi connectivity index (χ0) is 20.6. The fourth-order valence-electron chi connectivity index (χ4n) is 2.67. The van der Waals surface area contributed by atoms with Gasteiger partial charge in [-0.1, -0.05) is 42.5 Å². The number of rotatable bonds is 11. The molecule has 1 aromatic carbocycles. The Morgan fingerprint density at radius 2 is 2.07 bits per heavy atom. The van der Waals surface area contributed by atoms with Crippen LogP contribution in [0.2, 0.25) is 0 Å². The topological polar surface area (TPSA) is 87.1 Å². The van der Waals surface area contributed by atoms with Crippen LogP contribution in [0.25, 0.3) is 0 Å². The van der Waals surface area contributed by atoms with Crippen LogP contribution in [0.4, 0.5) is 13.6 Å². The lowest BCUT2D eigenvalue weighted by Crippen LogP contribution is -2.34. The number of amides is 1. The molecule has 2 N–H and O–H groups in total. The quantitative estimate of drug-likeness (QED) is 0.427. The van der Waals surface area contributed by atoms with Crippen LogP contribution < -0.4 is 0 Å². The Balaban J connectivity index is 1.87. The lowest BCUT2D eigenvalue weighted by molar-refractivity contribution is -0.136. The van der Waals surface area contributed by atoms with Gasteiger partial charge < -0.3 is 14.9 Å². The van der Waals surface area contributed by atoms with E-state index in [2.05, 4.69) is 0 Å². The van der Waals surface area contributed by atoms with Crippen molar-refractivity contribution in [3.05, 3.63) is 48.0 Å². The van der Waals surface area contributed by atoms with Crippen LogP contribution in [0.15, 0.2) is 42.5 Å². The van der Waals surface area contributed by atoms with Gasteiger partial charge in [-0.15, -0.1) is 0 Å². The summed E-state index contributed by atoms with van der Waals surface area (Å²) in [6.07, 6.45) is 0.494. The first-order chi connectivity index (χ1) is 13.3. The summed E-state index contributed by atoms with van der Waals surface area (Å²) in [6.45, 7) is 0.393. The van der Waals surface area contributed by atoms with E-state index in [4.69, 9.17) is 9.84 Å². The molecule has 2 rings (SSSR count). The van der Waals surface area contributed by atoms with E-state index in [-0.39, 0.29) is 18.6 Å². The molecule has 0 aliphatic carbocycles. The Bertz CT molecular complexity index is 686. The van der Waals surface area contributed by atoms with Crippen LogP contribution in [-0.4, -0.2) is 64.0 Å². The minimum absolute atomic E-state index is 0.0329. The van der Waals surface area contributed by atoms with Crippen LogP contribution in [0, 0.1) is 0 Å². The molecule has 28 heavy (non-hydrogen) atoms. The van der Waals surface area contributed by atoms with E-state index in [1.807, 2.05) is 0 Å². The molecule has 2 unspecified atom stereocenters. The predicted octanol–water partition coefficient (Wildman–Crippen LogP) is 3.11. The normalized spacial score (nSPS) is 18.5. The van der Waals surface area contributed by atoms with E-state index in [0.29, 0.717) is 24.5 Å². The molecule has 154 valence electrons. The lowest BCUT2D eigenvalue weighted by atomic mass is 10.0. The number of hydrogen-bond donors (Lipinski definition) is 2. The highest BCUT2D eigenvalue weighted by Crippen LogP contribution is 2.32. The van der Waals surface area contributed by atoms with Gasteiger partial charge in [0.25, 0.3) is 0 Å². The Labute approximate surface area is 166 Å². The lowest BCUT2D eigenvalue weighted by Gasteiger charge is -2.22. The molecule has 1 saturated heterocycles. The number of cyclic esters (lactones) is 1. The van der Waals surface area contributed by atoms with Gasteiger partial charge in [0, 0.05) is 17.9 Å². The molecule has 0 saturated carbocycles. The van der Waals surface area contributed by atoms with Crippen molar-refractivity contribution in [2.45, 2.75) is 30.9 Å². The first kappa shape index (κ1) is 22.2. The predicted molar refractivity (Wildman–Crippen MR) is 102 cm³/mol. The maximum Gasteiger partial charge on any atom is 0.410 e. The van der Waals surface area contributed by atoms with Crippen molar-refractivity contribution in [1.29, 1.82) is 0 Å². The molecule has 1 aliphatic rings. The third kappa shape index (κ3) is 6.20. The van der Waals surface area contributed by atoms with Crippen LogP contribution in [0.5, 0.6) is 0 Å². The number of halogens is 2. The van der Waals surface area contributed by atoms with Crippen LogP contribution in [0.1, 0.15) is 18.4 Å². The van der Waals surface area contributed by atoms with Gasteiger partial charge in [0.05, 0.1) is 12.5 Å². The number of thioether (sulfide) groups is 1. The second-order valence-corrected chi connectivity index (χ2v) is 7.49. The van der Waals surface area contributed by atoms with Crippen molar-refractivity contribution in [2.75, 3.05) is 24.7 Å². The zero-order valence-corrected chi connectivity index (χ0v) is 16.0. The van der Waals surface area contributed by atoms with Gasteiger partial charge in [-0.3, -0.25) is 9.69 Å². The second kappa shape index (κ2) is 10.4. The number of ether oxygens (including phenoxy) is 1. The van der Waals surface area contributed by atoms with Crippen molar-refractivity contribution in [3.8, 4) is 0 Å². The van der Waals surface area contributed by atoms with Gasteiger partial charge in [0.1, 0.15) is 12.7 Å². The zero-order valence-electron chi connectivity index (χ0n) is 15.2. The van der Waals surface area contributed by atoms with Crippen LogP contribution in [-0.2, 0) is 15.5 Å². The number of nitrogens with zero attached hydrogens (tertiary/aromatic N) is 1. The number of carbonyl (C=O) groups is 2. The first-order valence-corrected chi connectivity index (χ1v) is 10.0. The summed E-state index contributed by atoms with van der Waals surface area (Å²) in [7, 11) is 0. The molecule has 1 amide bonds. The fraction of sp³-hybridized carbons (Fsp3) is 0.474. The Morgan fingerprint density at radius 3 is 2.75 bits per heavy atom. The highest BCUT2D eigenvalue weighted by Gasteiger charge is 2.39. The van der Waals surface area contributed by atoms with E-state index in [9.17, 15) is 23.5 Å². The third-order valence-corrected chi connectivity index (χ3v) is 5.28. The van der Waals surface area contributed by atoms with Crippen molar-refractivity contribution in [3.63, 3.8) is 0 Å². The SMILES string of the molecule is O=C(O)CCSCCCN1C(=O)OCC1/C=C/C(O)C(F)(F)c1ccccc1. The minimum Gasteiger partial charge on any atom is -0.481 e. The summed E-state index contributed by atoms with van der Waals surface area (Å²) in [6, 6.07) is 6.51. The molecule has 1 heterocycles. The highest BCUT2D eigenvalue weighted by molar-refractivity contribution is 7.99. The van der Waals surface area contributed by atoms with Gasteiger partial charge in [0.2, 0.25) is 0 Å². The van der Waals surface area contributed by atoms with Gasteiger partial charge >= 0.3 is 18.0 Å². The first-order valence-electron chi connectivity index (χ1n) is 8.85. The maximum absolute atomic E-state index is 14.3. The fourth-order valence-corrected chi connectivity index (χ4v) is 3.52. The van der Waals surface area contributed by atoms with Crippen LogP contribution >= 0.6 is 11.8 Å². The van der Waals surface area contributed by atoms with Gasteiger partial charge in [-0.05, 0) is 12.2 Å². The Morgan fingerprint density at radius 1 is 1.36 bits per heavy atom. The Hall–Kier alpha value is -2.13. The molecule has 0 spiro atoms. The van der Waals surface area contributed by atoms with E-state index in [0.717, 1.165) is 6.08 Å². The van der Waals surface area contributed by atoms with E-state index >= 15 is 0 Å². The van der Waals surface area contributed by atoms with Crippen molar-refractivity contribution in [2.24, 2.45) is 0 Å². The summed E-state index contributed by atoms with van der Waals surface area (Å²) in [4.78, 5) is 23.7. The number of aliphatic hydroxyl groups is 1. The molecule has 1 fully saturated rings. The molecule has 0 bridgehead atoms. The largest absolute Gasteiger partial charge is 0.481 e. The summed E-state index contributed by atoms with van der Waals surface area (Å²) >= 11 is 1.47. The number of aliphatic hydroxyl groups excluding tert-OH is 1.